The maximum Gasteiger partial charge on any atom is 0.242 e. The Morgan fingerprint density at radius 3 is 2.03 bits per heavy atom. The van der Waals surface area contributed by atoms with Crippen molar-refractivity contribution in [3.8, 4) is 0 Å². The van der Waals surface area contributed by atoms with Gasteiger partial charge in [0.15, 0.2) is 0 Å². The summed E-state index contributed by atoms with van der Waals surface area (Å²) in [6, 6.07) is 14.2. The standard InChI is InChI=1S/C30H46N2O2S/c1-4-5-6-7-8-9-10-11-15-20-29(33)31(22-26(2)3)25-30(34)32(24-28-19-16-21-35-28)23-27-17-13-12-14-18-27/h12-14,16-19,21,26H,4-11,15,20,22-25H2,1-3H3. The van der Waals surface area contributed by atoms with Gasteiger partial charge < -0.3 is 9.80 Å². The van der Waals surface area contributed by atoms with Gasteiger partial charge in [-0.05, 0) is 29.3 Å². The molecular formula is C30H46N2O2S. The van der Waals surface area contributed by atoms with Gasteiger partial charge in [0, 0.05) is 24.4 Å². The summed E-state index contributed by atoms with van der Waals surface area (Å²) in [5.74, 6) is 0.462. The highest BCUT2D eigenvalue weighted by Gasteiger charge is 2.22. The number of unbranched alkanes of at least 4 members (excludes halogenated alkanes) is 8. The lowest BCUT2D eigenvalue weighted by molar-refractivity contribution is -0.141. The van der Waals surface area contributed by atoms with E-state index in [4.69, 9.17) is 0 Å². The summed E-state index contributed by atoms with van der Waals surface area (Å²) in [6.45, 7) is 8.38. The number of benzene rings is 1. The highest BCUT2D eigenvalue weighted by atomic mass is 32.1. The van der Waals surface area contributed by atoms with E-state index < -0.39 is 0 Å². The summed E-state index contributed by atoms with van der Waals surface area (Å²) in [6.07, 6.45) is 11.6. The molecule has 0 spiro atoms. The van der Waals surface area contributed by atoms with Gasteiger partial charge >= 0.3 is 0 Å². The molecule has 0 atom stereocenters. The van der Waals surface area contributed by atoms with Crippen molar-refractivity contribution < 1.29 is 9.59 Å². The normalized spacial score (nSPS) is 11.1. The van der Waals surface area contributed by atoms with E-state index in [1.165, 1.54) is 44.9 Å². The molecular weight excluding hydrogens is 452 g/mol. The molecule has 0 saturated carbocycles. The molecule has 0 N–H and O–H groups in total. The van der Waals surface area contributed by atoms with Crippen LogP contribution in [0.5, 0.6) is 0 Å². The van der Waals surface area contributed by atoms with Gasteiger partial charge in [0.2, 0.25) is 11.8 Å². The quantitative estimate of drug-likeness (QED) is 0.198. The van der Waals surface area contributed by atoms with Gasteiger partial charge in [0.1, 0.15) is 0 Å². The lowest BCUT2D eigenvalue weighted by atomic mass is 10.1. The largest absolute Gasteiger partial charge is 0.333 e. The Morgan fingerprint density at radius 1 is 0.771 bits per heavy atom. The Bertz CT molecular complexity index is 820. The number of thiophene rings is 1. The molecule has 0 aliphatic carbocycles. The van der Waals surface area contributed by atoms with Crippen molar-refractivity contribution in [2.75, 3.05) is 13.1 Å². The van der Waals surface area contributed by atoms with Gasteiger partial charge in [0.25, 0.3) is 0 Å². The van der Waals surface area contributed by atoms with Crippen molar-refractivity contribution >= 4 is 23.2 Å². The Hall–Kier alpha value is -2.14. The van der Waals surface area contributed by atoms with Crippen molar-refractivity contribution in [3.05, 3.63) is 58.3 Å². The lowest BCUT2D eigenvalue weighted by Gasteiger charge is -2.29. The minimum atomic E-state index is 0.0170. The van der Waals surface area contributed by atoms with Gasteiger partial charge in [-0.3, -0.25) is 9.59 Å². The zero-order valence-corrected chi connectivity index (χ0v) is 23.0. The molecule has 0 radical (unpaired) electrons. The van der Waals surface area contributed by atoms with Crippen molar-refractivity contribution in [1.82, 2.24) is 9.80 Å². The molecule has 1 aromatic heterocycles. The highest BCUT2D eigenvalue weighted by Crippen LogP contribution is 2.16. The SMILES string of the molecule is CCCCCCCCCCCC(=O)N(CC(=O)N(Cc1ccccc1)Cc1cccs1)CC(C)C. The molecule has 0 bridgehead atoms. The second kappa shape index (κ2) is 17.3. The van der Waals surface area contributed by atoms with E-state index in [1.807, 2.05) is 34.5 Å². The maximum atomic E-state index is 13.4. The minimum Gasteiger partial charge on any atom is -0.333 e. The molecule has 0 unspecified atom stereocenters. The fourth-order valence-corrected chi connectivity index (χ4v) is 5.05. The molecule has 2 aromatic rings. The summed E-state index contributed by atoms with van der Waals surface area (Å²) >= 11 is 1.66. The number of nitrogens with zero attached hydrogens (tertiary/aromatic N) is 2. The van der Waals surface area contributed by atoms with Gasteiger partial charge in [-0.1, -0.05) is 109 Å². The first-order valence-electron chi connectivity index (χ1n) is 13.6. The van der Waals surface area contributed by atoms with Gasteiger partial charge in [0.05, 0.1) is 13.1 Å². The van der Waals surface area contributed by atoms with Crippen LogP contribution in [0.3, 0.4) is 0 Å². The Kier molecular flexibility index (Phi) is 14.4. The first-order valence-corrected chi connectivity index (χ1v) is 14.5. The van der Waals surface area contributed by atoms with Crippen LogP contribution in [0.2, 0.25) is 0 Å². The van der Waals surface area contributed by atoms with Crippen LogP contribution in [0, 0.1) is 5.92 Å². The molecule has 2 rings (SSSR count). The van der Waals surface area contributed by atoms with Crippen LogP contribution in [0.15, 0.2) is 47.8 Å². The van der Waals surface area contributed by atoms with E-state index >= 15 is 0 Å². The number of carbonyl (C=O) groups excluding carboxylic acids is 2. The third kappa shape index (κ3) is 12.4. The summed E-state index contributed by atoms with van der Waals surface area (Å²) < 4.78 is 0. The van der Waals surface area contributed by atoms with E-state index in [1.54, 1.807) is 16.2 Å². The Labute approximate surface area is 217 Å². The van der Waals surface area contributed by atoms with Crippen molar-refractivity contribution in [1.29, 1.82) is 0 Å². The van der Waals surface area contributed by atoms with Crippen molar-refractivity contribution in [2.24, 2.45) is 5.92 Å². The highest BCUT2D eigenvalue weighted by molar-refractivity contribution is 7.09. The fraction of sp³-hybridized carbons (Fsp3) is 0.600. The monoisotopic (exact) mass is 498 g/mol. The molecule has 4 nitrogen and oxygen atoms in total. The number of carbonyl (C=O) groups is 2. The van der Waals surface area contributed by atoms with E-state index in [-0.39, 0.29) is 18.4 Å². The summed E-state index contributed by atoms with van der Waals surface area (Å²) in [5, 5.41) is 2.04. The van der Waals surface area contributed by atoms with E-state index in [2.05, 4.69) is 39.0 Å². The lowest BCUT2D eigenvalue weighted by Crippen LogP contribution is -2.43. The fourth-order valence-electron chi connectivity index (χ4n) is 4.33. The predicted molar refractivity (Wildman–Crippen MR) is 148 cm³/mol. The Morgan fingerprint density at radius 2 is 1.43 bits per heavy atom. The first kappa shape index (κ1) is 29.1. The summed E-state index contributed by atoms with van der Waals surface area (Å²) in [5.41, 5.74) is 1.11. The van der Waals surface area contributed by atoms with E-state index in [0.717, 1.165) is 23.3 Å². The van der Waals surface area contributed by atoms with Gasteiger partial charge in [-0.25, -0.2) is 0 Å². The molecule has 35 heavy (non-hydrogen) atoms. The molecule has 0 aliphatic heterocycles. The average Bonchev–Trinajstić information content (AvgIpc) is 3.35. The topological polar surface area (TPSA) is 40.6 Å². The maximum absolute atomic E-state index is 13.4. The third-order valence-electron chi connectivity index (χ3n) is 6.25. The van der Waals surface area contributed by atoms with Crippen LogP contribution >= 0.6 is 11.3 Å². The predicted octanol–water partition coefficient (Wildman–Crippen LogP) is 7.68. The van der Waals surface area contributed by atoms with Crippen LogP contribution in [-0.4, -0.2) is 34.7 Å². The second-order valence-electron chi connectivity index (χ2n) is 10.1. The van der Waals surface area contributed by atoms with Crippen LogP contribution in [0.1, 0.15) is 95.4 Å². The molecule has 5 heteroatoms. The van der Waals surface area contributed by atoms with Crippen LogP contribution in [0.25, 0.3) is 0 Å². The van der Waals surface area contributed by atoms with Crippen LogP contribution in [0.4, 0.5) is 0 Å². The molecule has 2 amide bonds. The van der Waals surface area contributed by atoms with Crippen LogP contribution in [-0.2, 0) is 22.7 Å². The molecule has 0 aliphatic rings. The summed E-state index contributed by atoms with van der Waals surface area (Å²) in [7, 11) is 0. The minimum absolute atomic E-state index is 0.0170. The third-order valence-corrected chi connectivity index (χ3v) is 7.12. The molecule has 1 heterocycles. The zero-order valence-electron chi connectivity index (χ0n) is 22.2. The van der Waals surface area contributed by atoms with Crippen molar-refractivity contribution in [2.45, 2.75) is 98.1 Å². The second-order valence-corrected chi connectivity index (χ2v) is 11.1. The van der Waals surface area contributed by atoms with E-state index in [0.29, 0.717) is 32.0 Å². The van der Waals surface area contributed by atoms with Crippen molar-refractivity contribution in [3.63, 3.8) is 0 Å². The van der Waals surface area contributed by atoms with Crippen LogP contribution < -0.4 is 0 Å². The number of hydrogen-bond acceptors (Lipinski definition) is 3. The summed E-state index contributed by atoms with van der Waals surface area (Å²) in [4.78, 5) is 31.3. The first-order chi connectivity index (χ1) is 17.0. The molecule has 0 fully saturated rings. The Balaban J connectivity index is 1.88. The number of rotatable bonds is 18. The molecule has 1 aromatic carbocycles. The van der Waals surface area contributed by atoms with Gasteiger partial charge in [-0.2, -0.15) is 0 Å². The molecule has 194 valence electrons. The van der Waals surface area contributed by atoms with Gasteiger partial charge in [-0.15, -0.1) is 11.3 Å². The molecule has 0 saturated heterocycles. The number of amides is 2. The van der Waals surface area contributed by atoms with E-state index in [9.17, 15) is 9.59 Å². The zero-order chi connectivity index (χ0) is 25.3. The average molecular weight is 499 g/mol. The smallest absolute Gasteiger partial charge is 0.242 e. The number of hydrogen-bond donors (Lipinski definition) is 0.